The molecule has 0 saturated carbocycles. The smallest absolute Gasteiger partial charge is 0.341 e. The third kappa shape index (κ3) is 4.43. The Morgan fingerprint density at radius 2 is 2.06 bits per heavy atom. The van der Waals surface area contributed by atoms with Gasteiger partial charge in [0.05, 0.1) is 36.2 Å². The number of rotatable bonds is 7. The minimum Gasteiger partial charge on any atom is -0.494 e. The molecule has 0 aliphatic heterocycles. The first-order chi connectivity index (χ1) is 15.4. The minimum atomic E-state index is -1.07. The van der Waals surface area contributed by atoms with Gasteiger partial charge in [-0.1, -0.05) is 6.07 Å². The summed E-state index contributed by atoms with van der Waals surface area (Å²) in [4.78, 5) is 35.1. The first kappa shape index (κ1) is 22.1. The van der Waals surface area contributed by atoms with Crippen molar-refractivity contribution in [2.45, 2.75) is 0 Å². The van der Waals surface area contributed by atoms with Gasteiger partial charge in [0.25, 0.3) is 0 Å². The molecule has 0 radical (unpaired) electrons. The predicted octanol–water partition coefficient (Wildman–Crippen LogP) is 2.81. The molecule has 3 aromatic rings. The molecule has 11 nitrogen and oxygen atoms in total. The molecule has 0 spiro atoms. The number of nitrogens with zero attached hydrogens (tertiary/aromatic N) is 4. The summed E-state index contributed by atoms with van der Waals surface area (Å²) in [6, 6.07) is 6.92. The molecule has 1 aromatic carbocycles. The number of nitrogens with one attached hydrogen (secondary N) is 1. The van der Waals surface area contributed by atoms with Gasteiger partial charge >= 0.3 is 11.7 Å². The Morgan fingerprint density at radius 1 is 1.28 bits per heavy atom. The topological polar surface area (TPSA) is 155 Å². The zero-order valence-electron chi connectivity index (χ0n) is 16.9. The number of nitrogens with two attached hydrogens (primary N) is 1. The molecule has 0 unspecified atom stereocenters. The van der Waals surface area contributed by atoms with Gasteiger partial charge in [-0.05, 0) is 12.1 Å². The van der Waals surface area contributed by atoms with Crippen molar-refractivity contribution in [1.82, 2.24) is 15.0 Å². The summed E-state index contributed by atoms with van der Waals surface area (Å²) in [6.45, 7) is 0. The number of methoxy groups -OCH3 is 2. The van der Waals surface area contributed by atoms with Crippen LogP contribution < -0.4 is 15.8 Å². The monoisotopic (exact) mass is 440 g/mol. The standard InChI is InChI=1S/C20H17FN6O5/c1-31-17-7-13(21)16(27(29)30)8-15(17)25-20-24-10-12(19(28)32-2)18(26-20)11(9-22)14-5-3-4-6-23-14/h3-10H,22H2,1-2H3,(H,24,25,26). The molecule has 2 aromatic heterocycles. The third-order valence-electron chi connectivity index (χ3n) is 4.27. The lowest BCUT2D eigenvalue weighted by Gasteiger charge is -2.14. The van der Waals surface area contributed by atoms with Crippen LogP contribution in [0.25, 0.3) is 5.57 Å². The number of esters is 1. The van der Waals surface area contributed by atoms with Gasteiger partial charge in [-0.15, -0.1) is 0 Å². The van der Waals surface area contributed by atoms with Gasteiger partial charge in [0.2, 0.25) is 11.8 Å². The van der Waals surface area contributed by atoms with E-state index in [-0.39, 0.29) is 28.6 Å². The van der Waals surface area contributed by atoms with Gasteiger partial charge in [-0.3, -0.25) is 15.1 Å². The van der Waals surface area contributed by atoms with E-state index in [2.05, 4.69) is 20.3 Å². The van der Waals surface area contributed by atoms with Crippen LogP contribution in [0.15, 0.2) is 48.9 Å². The SMILES string of the molecule is COC(=O)c1cnc(Nc2cc([N+](=O)[O-])c(F)cc2OC)nc1C(=CN)c1ccccn1. The van der Waals surface area contributed by atoms with Gasteiger partial charge in [0, 0.05) is 36.3 Å². The van der Waals surface area contributed by atoms with E-state index < -0.39 is 22.4 Å². The highest BCUT2D eigenvalue weighted by atomic mass is 19.1. The average molecular weight is 440 g/mol. The van der Waals surface area contributed by atoms with Crippen molar-refractivity contribution in [3.05, 3.63) is 81.8 Å². The summed E-state index contributed by atoms with van der Waals surface area (Å²) in [6.07, 6.45) is 3.97. The molecule has 0 aliphatic rings. The van der Waals surface area contributed by atoms with Gasteiger partial charge in [-0.2, -0.15) is 4.39 Å². The Hall–Kier alpha value is -4.61. The number of nitro benzene ring substituents is 1. The molecule has 0 aliphatic carbocycles. The van der Waals surface area contributed by atoms with E-state index in [9.17, 15) is 19.3 Å². The van der Waals surface area contributed by atoms with Crippen LogP contribution in [-0.2, 0) is 4.74 Å². The lowest BCUT2D eigenvalue weighted by atomic mass is 10.0. The normalized spacial score (nSPS) is 11.0. The molecular weight excluding hydrogens is 423 g/mol. The van der Waals surface area contributed by atoms with E-state index in [0.29, 0.717) is 11.3 Å². The number of benzene rings is 1. The predicted molar refractivity (Wildman–Crippen MR) is 112 cm³/mol. The van der Waals surface area contributed by atoms with Crippen LogP contribution in [0.4, 0.5) is 21.7 Å². The van der Waals surface area contributed by atoms with Crippen molar-refractivity contribution in [2.24, 2.45) is 5.73 Å². The molecule has 0 atom stereocenters. The Labute approximate surface area is 180 Å². The van der Waals surface area contributed by atoms with Crippen molar-refractivity contribution in [1.29, 1.82) is 0 Å². The minimum absolute atomic E-state index is 0.0115. The van der Waals surface area contributed by atoms with E-state index in [1.165, 1.54) is 26.6 Å². The fraction of sp³-hybridized carbons (Fsp3) is 0.100. The van der Waals surface area contributed by atoms with Gasteiger partial charge in [0.15, 0.2) is 0 Å². The van der Waals surface area contributed by atoms with E-state index in [0.717, 1.165) is 12.1 Å². The molecule has 2 heterocycles. The Kier molecular flexibility index (Phi) is 6.53. The summed E-state index contributed by atoms with van der Waals surface area (Å²) in [7, 11) is 2.47. The lowest BCUT2D eigenvalue weighted by molar-refractivity contribution is -0.387. The van der Waals surface area contributed by atoms with Crippen LogP contribution in [0.2, 0.25) is 0 Å². The highest BCUT2D eigenvalue weighted by Crippen LogP contribution is 2.33. The second kappa shape index (κ2) is 9.47. The fourth-order valence-electron chi connectivity index (χ4n) is 2.78. The highest BCUT2D eigenvalue weighted by Gasteiger charge is 2.23. The van der Waals surface area contributed by atoms with Crippen LogP contribution in [0.1, 0.15) is 21.7 Å². The molecule has 3 N–H and O–H groups in total. The van der Waals surface area contributed by atoms with Crippen molar-refractivity contribution in [2.75, 3.05) is 19.5 Å². The van der Waals surface area contributed by atoms with Crippen molar-refractivity contribution >= 4 is 28.9 Å². The molecular formula is C20H17FN6O5. The van der Waals surface area contributed by atoms with E-state index in [1.54, 1.807) is 24.4 Å². The summed E-state index contributed by atoms with van der Waals surface area (Å²) in [5.41, 5.74) is 5.92. The number of hydrogen-bond donors (Lipinski definition) is 2. The van der Waals surface area contributed by atoms with E-state index in [1.807, 2.05) is 0 Å². The van der Waals surface area contributed by atoms with Crippen molar-refractivity contribution in [3.8, 4) is 5.75 Å². The maximum absolute atomic E-state index is 13.9. The number of halogens is 1. The molecule has 164 valence electrons. The van der Waals surface area contributed by atoms with Crippen LogP contribution in [0.5, 0.6) is 5.75 Å². The van der Waals surface area contributed by atoms with Crippen LogP contribution in [0.3, 0.4) is 0 Å². The van der Waals surface area contributed by atoms with Crippen LogP contribution in [-0.4, -0.2) is 40.1 Å². The Balaban J connectivity index is 2.12. The second-order valence-corrected chi connectivity index (χ2v) is 6.13. The molecule has 12 heteroatoms. The number of anilines is 2. The number of pyridine rings is 1. The third-order valence-corrected chi connectivity index (χ3v) is 4.27. The zero-order valence-corrected chi connectivity index (χ0v) is 16.9. The number of nitro groups is 1. The number of hydrogen-bond acceptors (Lipinski definition) is 10. The quantitative estimate of drug-likeness (QED) is 0.318. The number of carbonyl (C=O) groups excluding carboxylic acids is 1. The molecule has 32 heavy (non-hydrogen) atoms. The number of ether oxygens (including phenoxy) is 2. The van der Waals surface area contributed by atoms with Crippen molar-refractivity contribution in [3.63, 3.8) is 0 Å². The first-order valence-corrected chi connectivity index (χ1v) is 8.97. The molecule has 3 rings (SSSR count). The van der Waals surface area contributed by atoms with Gasteiger partial charge in [-0.25, -0.2) is 14.8 Å². The molecule has 0 bridgehead atoms. The summed E-state index contributed by atoms with van der Waals surface area (Å²) in [5, 5.41) is 13.8. The maximum Gasteiger partial charge on any atom is 0.341 e. The van der Waals surface area contributed by atoms with Crippen LogP contribution >= 0.6 is 0 Å². The largest absolute Gasteiger partial charge is 0.494 e. The maximum atomic E-state index is 13.9. The molecule has 0 fully saturated rings. The Bertz CT molecular complexity index is 1200. The van der Waals surface area contributed by atoms with E-state index in [4.69, 9.17) is 15.2 Å². The Morgan fingerprint density at radius 3 is 2.66 bits per heavy atom. The molecule has 0 amide bonds. The van der Waals surface area contributed by atoms with Gasteiger partial charge in [0.1, 0.15) is 11.3 Å². The summed E-state index contributed by atoms with van der Waals surface area (Å²) in [5.74, 6) is -1.86. The van der Waals surface area contributed by atoms with E-state index >= 15 is 0 Å². The lowest BCUT2D eigenvalue weighted by Crippen LogP contribution is -2.12. The number of carbonyl (C=O) groups is 1. The molecule has 0 saturated heterocycles. The fourth-order valence-corrected chi connectivity index (χ4v) is 2.78. The van der Waals surface area contributed by atoms with Gasteiger partial charge < -0.3 is 20.5 Å². The number of aromatic nitrogens is 3. The average Bonchev–Trinajstić information content (AvgIpc) is 2.80. The summed E-state index contributed by atoms with van der Waals surface area (Å²) < 4.78 is 23.8. The zero-order chi connectivity index (χ0) is 23.3. The highest BCUT2D eigenvalue weighted by molar-refractivity contribution is 5.96. The second-order valence-electron chi connectivity index (χ2n) is 6.13. The first-order valence-electron chi connectivity index (χ1n) is 8.97. The summed E-state index contributed by atoms with van der Waals surface area (Å²) >= 11 is 0. The van der Waals surface area contributed by atoms with Crippen LogP contribution in [0, 0.1) is 15.9 Å². The van der Waals surface area contributed by atoms with Crippen molar-refractivity contribution < 1.29 is 23.6 Å².